The Morgan fingerprint density at radius 3 is 1.37 bits per heavy atom. The van der Waals surface area contributed by atoms with Crippen molar-refractivity contribution in [1.82, 2.24) is 4.57 Å². The van der Waals surface area contributed by atoms with Crippen molar-refractivity contribution in [3.05, 3.63) is 198 Å². The van der Waals surface area contributed by atoms with Gasteiger partial charge in [-0.15, -0.1) is 45.3 Å². The highest BCUT2D eigenvalue weighted by molar-refractivity contribution is 7.29. The summed E-state index contributed by atoms with van der Waals surface area (Å²) in [6.07, 6.45) is 12.4. The minimum atomic E-state index is -0.0632. The summed E-state index contributed by atoms with van der Waals surface area (Å²) in [7, 11) is 0. The fourth-order valence-corrected chi connectivity index (χ4v) is 18.1. The fraction of sp³-hybridized carbons (Fsp3) is 0.273. The average molecular weight is 1140 g/mol. The molecule has 5 aromatic heterocycles. The van der Waals surface area contributed by atoms with Crippen LogP contribution in [-0.4, -0.2) is 4.57 Å². The minimum Gasteiger partial charge on any atom is -0.309 e. The van der Waals surface area contributed by atoms with E-state index in [0.717, 1.165) is 0 Å². The van der Waals surface area contributed by atoms with Crippen LogP contribution in [0.25, 0.3) is 121 Å². The zero-order valence-corrected chi connectivity index (χ0v) is 52.2. The van der Waals surface area contributed by atoms with E-state index in [0.29, 0.717) is 0 Å². The molecule has 0 spiro atoms. The van der Waals surface area contributed by atoms with Gasteiger partial charge in [0.25, 0.3) is 0 Å². The second-order valence-corrected chi connectivity index (χ2v) is 30.0. The van der Waals surface area contributed by atoms with Crippen LogP contribution in [-0.2, 0) is 16.2 Å². The summed E-state index contributed by atoms with van der Waals surface area (Å²) in [5.41, 5.74) is 15.3. The van der Waals surface area contributed by atoms with Crippen molar-refractivity contribution in [2.45, 2.75) is 136 Å². The second kappa shape index (κ2) is 20.9. The number of aromatic nitrogens is 1. The number of hydrogen-bond donors (Lipinski definition) is 0. The Kier molecular flexibility index (Phi) is 13.6. The van der Waals surface area contributed by atoms with Crippen molar-refractivity contribution < 1.29 is 0 Å². The van der Waals surface area contributed by atoms with Crippen LogP contribution in [0, 0.1) is 0 Å². The van der Waals surface area contributed by atoms with Crippen LogP contribution in [0.2, 0.25) is 0 Å². The highest BCUT2D eigenvalue weighted by Gasteiger charge is 2.43. The Morgan fingerprint density at radius 1 is 0.366 bits per heavy atom. The van der Waals surface area contributed by atoms with Gasteiger partial charge in [-0.05, 0) is 191 Å². The Morgan fingerprint density at radius 2 is 0.817 bits per heavy atom. The smallest absolute Gasteiger partial charge is 0.0541 e. The van der Waals surface area contributed by atoms with Gasteiger partial charge < -0.3 is 4.57 Å². The van der Waals surface area contributed by atoms with Gasteiger partial charge in [0.2, 0.25) is 0 Å². The van der Waals surface area contributed by atoms with Crippen molar-refractivity contribution in [2.24, 2.45) is 0 Å². The van der Waals surface area contributed by atoms with Crippen LogP contribution < -0.4 is 0 Å². The van der Waals surface area contributed by atoms with Gasteiger partial charge >= 0.3 is 0 Å². The lowest BCUT2D eigenvalue weighted by molar-refractivity contribution is 0.401. The van der Waals surface area contributed by atoms with Crippen molar-refractivity contribution >= 4 is 99.5 Å². The zero-order valence-electron chi connectivity index (χ0n) is 48.9. The van der Waals surface area contributed by atoms with E-state index in [9.17, 15) is 0 Å². The molecular formula is C77H73NS4. The summed E-state index contributed by atoms with van der Waals surface area (Å²) >= 11 is 7.71. The summed E-state index contributed by atoms with van der Waals surface area (Å²) in [6.45, 7) is 18.7. The number of fused-ring (bicyclic) bond motifs is 6. The topological polar surface area (TPSA) is 4.93 Å². The molecule has 1 aliphatic rings. The largest absolute Gasteiger partial charge is 0.309 e. The molecule has 0 radical (unpaired) electrons. The number of unbranched alkanes of at least 4 members (excludes halogenated alkanes) is 6. The molecule has 0 atom stereocenters. The molecule has 0 saturated carbocycles. The number of thiophene rings is 4. The molecule has 14 rings (SSSR count). The summed E-state index contributed by atoms with van der Waals surface area (Å²) in [5, 5.41) is 10.7. The lowest BCUT2D eigenvalue weighted by Gasteiger charge is -2.33. The Hall–Kier alpha value is -6.60. The van der Waals surface area contributed by atoms with Gasteiger partial charge in [0.15, 0.2) is 0 Å². The Labute approximate surface area is 501 Å². The van der Waals surface area contributed by atoms with Gasteiger partial charge in [-0.1, -0.05) is 192 Å². The average Bonchev–Trinajstić information content (AvgIpc) is 3.16. The van der Waals surface area contributed by atoms with E-state index < -0.39 is 0 Å². The van der Waals surface area contributed by atoms with Crippen LogP contribution in [0.4, 0.5) is 0 Å². The van der Waals surface area contributed by atoms with E-state index in [1.807, 2.05) is 45.3 Å². The summed E-state index contributed by atoms with van der Waals surface area (Å²) < 4.78 is 2.59. The zero-order chi connectivity index (χ0) is 56.1. The first-order valence-electron chi connectivity index (χ1n) is 30.2. The second-order valence-electron chi connectivity index (χ2n) is 25.6. The minimum absolute atomic E-state index is 0.0537. The van der Waals surface area contributed by atoms with E-state index in [-0.39, 0.29) is 16.2 Å². The molecule has 13 aromatic rings. The summed E-state index contributed by atoms with van der Waals surface area (Å²) in [4.78, 5) is 10.7. The van der Waals surface area contributed by atoms with Gasteiger partial charge in [-0.2, -0.15) is 0 Å². The van der Waals surface area contributed by atoms with E-state index in [4.69, 9.17) is 0 Å². The maximum Gasteiger partial charge on any atom is 0.0541 e. The molecule has 0 bridgehead atoms. The standard InChI is InChI=1S/C77H73NS4/c1-9-11-13-15-42-77(43-16-14-12-10-2)61-44-51(24-28-55(61)56-31-27-54(47-62(56)77)78-63-32-25-52(75(3,4)5)45-59(63)60-46-53(76(6,7)8)26-33-64(60)78)65-34-36-67(79-65)69-38-40-71(81-69)72-41-39-70(82-72)68-37-35-66(80-68)57-29-22-50-21-20-48-18-17-19-49-23-30-58(57)74(50)73(48)49/h17-41,44-47H,9-16,42-43H2,1-8H3. The van der Waals surface area contributed by atoms with Gasteiger partial charge in [-0.25, -0.2) is 0 Å². The normalized spacial score (nSPS) is 13.5. The van der Waals surface area contributed by atoms with E-state index >= 15 is 0 Å². The number of benzene rings is 8. The Balaban J connectivity index is 0.787. The summed E-state index contributed by atoms with van der Waals surface area (Å²) in [5.74, 6) is 0. The van der Waals surface area contributed by atoms with Gasteiger partial charge in [0.1, 0.15) is 0 Å². The first-order valence-corrected chi connectivity index (χ1v) is 33.5. The third kappa shape index (κ3) is 9.21. The quantitative estimate of drug-likeness (QED) is 0.0671. The maximum atomic E-state index is 2.64. The highest BCUT2D eigenvalue weighted by atomic mass is 32.1. The van der Waals surface area contributed by atoms with Crippen LogP contribution in [0.5, 0.6) is 0 Å². The van der Waals surface area contributed by atoms with E-state index in [1.165, 1.54) is 202 Å². The molecule has 0 N–H and O–H groups in total. The molecule has 0 aliphatic heterocycles. The van der Waals surface area contributed by atoms with Crippen molar-refractivity contribution in [2.75, 3.05) is 0 Å². The first kappa shape index (κ1) is 53.4. The number of hydrogen-bond acceptors (Lipinski definition) is 4. The van der Waals surface area contributed by atoms with Gasteiger partial charge in [0.05, 0.1) is 11.0 Å². The molecule has 0 amide bonds. The molecule has 82 heavy (non-hydrogen) atoms. The molecule has 410 valence electrons. The molecule has 0 fully saturated rings. The number of nitrogens with zero attached hydrogens (tertiary/aromatic N) is 1. The predicted octanol–water partition coefficient (Wildman–Crippen LogP) is 25.1. The SMILES string of the molecule is CCCCCCC1(CCCCCC)c2cc(-c3ccc(-c4ccc(-c5ccc(-c6ccc(-c7ccc8ccc9cccc%10ccc7c8c9%10)s6)s5)s4)s3)ccc2-c2ccc(-n3c4ccc(C(C)(C)C)cc4c4cc(C(C)(C)C)ccc43)cc21. The van der Waals surface area contributed by atoms with E-state index in [1.54, 1.807) is 5.56 Å². The highest BCUT2D eigenvalue weighted by Crippen LogP contribution is 2.57. The van der Waals surface area contributed by atoms with Crippen molar-refractivity contribution in [3.8, 4) is 67.0 Å². The van der Waals surface area contributed by atoms with Crippen molar-refractivity contribution in [1.29, 1.82) is 0 Å². The summed E-state index contributed by atoms with van der Waals surface area (Å²) in [6, 6.07) is 68.9. The lowest BCUT2D eigenvalue weighted by atomic mass is 9.70. The molecular weight excluding hydrogens is 1070 g/mol. The molecule has 8 aromatic carbocycles. The molecule has 5 heteroatoms. The molecule has 5 heterocycles. The van der Waals surface area contributed by atoms with Gasteiger partial charge in [0, 0.05) is 60.9 Å². The lowest BCUT2D eigenvalue weighted by Crippen LogP contribution is -2.26. The number of rotatable bonds is 16. The Bertz CT molecular complexity index is 4430. The maximum absolute atomic E-state index is 2.64. The van der Waals surface area contributed by atoms with Crippen LogP contribution in [0.3, 0.4) is 0 Å². The fourth-order valence-electron chi connectivity index (χ4n) is 13.8. The predicted molar refractivity (Wildman–Crippen MR) is 364 cm³/mol. The third-order valence-electron chi connectivity index (χ3n) is 18.2. The molecule has 1 aliphatic carbocycles. The molecule has 1 nitrogen and oxygen atoms in total. The first-order chi connectivity index (χ1) is 39.8. The monoisotopic (exact) mass is 1140 g/mol. The van der Waals surface area contributed by atoms with Crippen LogP contribution in [0.15, 0.2) is 176 Å². The van der Waals surface area contributed by atoms with Crippen LogP contribution >= 0.6 is 45.3 Å². The van der Waals surface area contributed by atoms with Gasteiger partial charge in [-0.3, -0.25) is 0 Å². The van der Waals surface area contributed by atoms with E-state index in [2.05, 4.69) is 236 Å². The molecule has 0 saturated heterocycles. The third-order valence-corrected chi connectivity index (χ3v) is 23.3. The molecule has 0 unspecified atom stereocenters. The van der Waals surface area contributed by atoms with Crippen LogP contribution in [0.1, 0.15) is 142 Å². The van der Waals surface area contributed by atoms with Crippen molar-refractivity contribution in [3.63, 3.8) is 0 Å².